The Morgan fingerprint density at radius 3 is 2.36 bits per heavy atom. The summed E-state index contributed by atoms with van der Waals surface area (Å²) in [6.45, 7) is 2.20. The number of nitrogens with zero attached hydrogens (tertiary/aromatic N) is 1. The molecule has 6 nitrogen and oxygen atoms in total. The van der Waals surface area contributed by atoms with Crippen LogP contribution in [0.2, 0.25) is 0 Å². The van der Waals surface area contributed by atoms with Crippen LogP contribution in [0.15, 0.2) is 46.9 Å². The first-order valence-corrected chi connectivity index (χ1v) is 9.71. The Hall–Kier alpha value is -2.67. The number of amides is 2. The van der Waals surface area contributed by atoms with Gasteiger partial charge in [-0.1, -0.05) is 28.1 Å². The SMILES string of the molecule is COC(=O)c1cc(Br)ccc1OC(C)CCCN1C(=O)c2ccccc2C1=O. The Kier molecular flexibility index (Phi) is 6.14. The summed E-state index contributed by atoms with van der Waals surface area (Å²) < 4.78 is 11.4. The van der Waals surface area contributed by atoms with Crippen LogP contribution in [0.25, 0.3) is 0 Å². The van der Waals surface area contributed by atoms with Crippen molar-refractivity contribution in [2.45, 2.75) is 25.9 Å². The molecule has 1 atom stereocenters. The number of benzene rings is 2. The predicted octanol–water partition coefficient (Wildman–Crippen LogP) is 4.08. The number of halogens is 1. The zero-order chi connectivity index (χ0) is 20.3. The van der Waals surface area contributed by atoms with Gasteiger partial charge in [0.05, 0.1) is 24.3 Å². The van der Waals surface area contributed by atoms with Gasteiger partial charge in [-0.05, 0) is 50.1 Å². The van der Waals surface area contributed by atoms with Gasteiger partial charge in [-0.2, -0.15) is 0 Å². The van der Waals surface area contributed by atoms with Crippen LogP contribution in [0.5, 0.6) is 5.75 Å². The van der Waals surface area contributed by atoms with Gasteiger partial charge in [-0.15, -0.1) is 0 Å². The van der Waals surface area contributed by atoms with E-state index >= 15 is 0 Å². The van der Waals surface area contributed by atoms with Crippen LogP contribution in [0.1, 0.15) is 50.8 Å². The summed E-state index contributed by atoms with van der Waals surface area (Å²) in [5, 5.41) is 0. The normalized spacial score (nSPS) is 14.0. The summed E-state index contributed by atoms with van der Waals surface area (Å²) in [7, 11) is 1.32. The maximum atomic E-state index is 12.4. The molecular formula is C21H20BrNO5. The van der Waals surface area contributed by atoms with Crippen molar-refractivity contribution in [1.82, 2.24) is 4.90 Å². The fourth-order valence-electron chi connectivity index (χ4n) is 3.13. The molecule has 0 bridgehead atoms. The van der Waals surface area contributed by atoms with Gasteiger partial charge < -0.3 is 9.47 Å². The molecule has 0 aliphatic carbocycles. The monoisotopic (exact) mass is 445 g/mol. The quantitative estimate of drug-likeness (QED) is 0.474. The van der Waals surface area contributed by atoms with Crippen LogP contribution in [0, 0.1) is 0 Å². The van der Waals surface area contributed by atoms with E-state index in [9.17, 15) is 14.4 Å². The molecule has 146 valence electrons. The number of ether oxygens (including phenoxy) is 2. The molecule has 0 spiro atoms. The highest BCUT2D eigenvalue weighted by molar-refractivity contribution is 9.10. The van der Waals surface area contributed by atoms with Crippen LogP contribution in [0.3, 0.4) is 0 Å². The standard InChI is InChI=1S/C21H20BrNO5/c1-13(28-18-10-9-14(22)12-17(18)21(26)27-2)6-5-11-23-19(24)15-7-3-4-8-16(15)20(23)25/h3-4,7-10,12-13H,5-6,11H2,1-2H3. The van der Waals surface area contributed by atoms with E-state index in [0.29, 0.717) is 41.8 Å². The maximum Gasteiger partial charge on any atom is 0.341 e. The molecule has 1 aliphatic rings. The van der Waals surface area contributed by atoms with Crippen molar-refractivity contribution in [3.63, 3.8) is 0 Å². The van der Waals surface area contributed by atoms with Gasteiger partial charge in [-0.3, -0.25) is 14.5 Å². The fraction of sp³-hybridized carbons (Fsp3) is 0.286. The Labute approximate surface area is 171 Å². The molecule has 28 heavy (non-hydrogen) atoms. The second-order valence-corrected chi connectivity index (χ2v) is 7.43. The highest BCUT2D eigenvalue weighted by Crippen LogP contribution is 2.26. The lowest BCUT2D eigenvalue weighted by molar-refractivity contribution is 0.0587. The minimum absolute atomic E-state index is 0.209. The Morgan fingerprint density at radius 1 is 1.11 bits per heavy atom. The lowest BCUT2D eigenvalue weighted by Crippen LogP contribution is -2.31. The summed E-state index contributed by atoms with van der Waals surface area (Å²) >= 11 is 3.33. The molecule has 1 unspecified atom stereocenters. The molecule has 2 aromatic rings. The van der Waals surface area contributed by atoms with Crippen molar-refractivity contribution in [2.75, 3.05) is 13.7 Å². The van der Waals surface area contributed by atoms with Crippen LogP contribution in [-0.2, 0) is 4.74 Å². The predicted molar refractivity (Wildman–Crippen MR) is 107 cm³/mol. The van der Waals surface area contributed by atoms with E-state index in [-0.39, 0.29) is 17.9 Å². The Bertz CT molecular complexity index is 892. The van der Waals surface area contributed by atoms with E-state index in [1.807, 2.05) is 6.92 Å². The highest BCUT2D eigenvalue weighted by Gasteiger charge is 2.34. The summed E-state index contributed by atoms with van der Waals surface area (Å²) in [5.41, 5.74) is 1.24. The molecule has 1 aliphatic heterocycles. The summed E-state index contributed by atoms with van der Waals surface area (Å²) in [5.74, 6) is -0.553. The number of hydrogen-bond donors (Lipinski definition) is 0. The Balaban J connectivity index is 1.58. The lowest BCUT2D eigenvalue weighted by Gasteiger charge is -2.19. The zero-order valence-electron chi connectivity index (χ0n) is 15.6. The number of methoxy groups -OCH3 is 1. The third kappa shape index (κ3) is 4.09. The van der Waals surface area contributed by atoms with Gasteiger partial charge in [0.15, 0.2) is 0 Å². The van der Waals surface area contributed by atoms with E-state index in [2.05, 4.69) is 15.9 Å². The third-order valence-electron chi connectivity index (χ3n) is 4.55. The number of fused-ring (bicyclic) bond motifs is 1. The topological polar surface area (TPSA) is 72.9 Å². The number of esters is 1. The number of imide groups is 1. The largest absolute Gasteiger partial charge is 0.490 e. The van der Waals surface area contributed by atoms with E-state index in [1.54, 1.807) is 42.5 Å². The van der Waals surface area contributed by atoms with Gasteiger partial charge in [0.2, 0.25) is 0 Å². The molecule has 2 amide bonds. The van der Waals surface area contributed by atoms with Crippen molar-refractivity contribution < 1.29 is 23.9 Å². The summed E-state index contributed by atoms with van der Waals surface area (Å²) in [6.07, 6.45) is 1.00. The van der Waals surface area contributed by atoms with Crippen molar-refractivity contribution in [3.05, 3.63) is 63.6 Å². The smallest absolute Gasteiger partial charge is 0.341 e. The highest BCUT2D eigenvalue weighted by atomic mass is 79.9. The number of carbonyl (C=O) groups is 3. The van der Waals surface area contributed by atoms with E-state index in [0.717, 1.165) is 4.47 Å². The van der Waals surface area contributed by atoms with E-state index < -0.39 is 5.97 Å². The first-order valence-electron chi connectivity index (χ1n) is 8.92. The second kappa shape index (κ2) is 8.56. The van der Waals surface area contributed by atoms with Crippen molar-refractivity contribution in [3.8, 4) is 5.75 Å². The lowest BCUT2D eigenvalue weighted by atomic mass is 10.1. The average molecular weight is 446 g/mol. The van der Waals surface area contributed by atoms with Gasteiger partial charge in [0, 0.05) is 11.0 Å². The molecule has 0 saturated heterocycles. The number of rotatable bonds is 7. The summed E-state index contributed by atoms with van der Waals surface area (Å²) in [6, 6.07) is 12.0. The molecule has 2 aromatic carbocycles. The van der Waals surface area contributed by atoms with Gasteiger partial charge >= 0.3 is 5.97 Å². The van der Waals surface area contributed by atoms with Gasteiger partial charge in [-0.25, -0.2) is 4.79 Å². The molecule has 0 radical (unpaired) electrons. The van der Waals surface area contributed by atoms with Crippen LogP contribution in [0.4, 0.5) is 0 Å². The van der Waals surface area contributed by atoms with Crippen molar-refractivity contribution in [2.24, 2.45) is 0 Å². The first kappa shape index (κ1) is 20.1. The molecule has 0 fully saturated rings. The zero-order valence-corrected chi connectivity index (χ0v) is 17.2. The maximum absolute atomic E-state index is 12.4. The van der Waals surface area contributed by atoms with Crippen molar-refractivity contribution >= 4 is 33.7 Å². The van der Waals surface area contributed by atoms with Crippen LogP contribution < -0.4 is 4.74 Å². The molecule has 3 rings (SSSR count). The first-order chi connectivity index (χ1) is 13.4. The number of hydrogen-bond acceptors (Lipinski definition) is 5. The van der Waals surface area contributed by atoms with E-state index in [4.69, 9.17) is 9.47 Å². The second-order valence-electron chi connectivity index (χ2n) is 6.51. The number of carbonyl (C=O) groups excluding carboxylic acids is 3. The van der Waals surface area contributed by atoms with Gasteiger partial charge in [0.1, 0.15) is 11.3 Å². The Morgan fingerprint density at radius 2 is 1.75 bits per heavy atom. The minimum Gasteiger partial charge on any atom is -0.490 e. The van der Waals surface area contributed by atoms with Crippen molar-refractivity contribution in [1.29, 1.82) is 0 Å². The molecular weight excluding hydrogens is 426 g/mol. The average Bonchev–Trinajstić information content (AvgIpc) is 2.94. The summed E-state index contributed by atoms with van der Waals surface area (Å²) in [4.78, 5) is 38.0. The molecule has 0 N–H and O–H groups in total. The third-order valence-corrected chi connectivity index (χ3v) is 5.04. The van der Waals surface area contributed by atoms with E-state index in [1.165, 1.54) is 12.0 Å². The molecule has 0 saturated carbocycles. The van der Waals surface area contributed by atoms with Gasteiger partial charge in [0.25, 0.3) is 11.8 Å². The molecule has 0 aromatic heterocycles. The van der Waals surface area contributed by atoms with Crippen LogP contribution in [-0.4, -0.2) is 42.4 Å². The minimum atomic E-state index is -0.477. The molecule has 1 heterocycles. The van der Waals surface area contributed by atoms with Crippen LogP contribution >= 0.6 is 15.9 Å². The molecule has 7 heteroatoms. The fourth-order valence-corrected chi connectivity index (χ4v) is 3.49.